The fourth-order valence-electron chi connectivity index (χ4n) is 5.93. The predicted molar refractivity (Wildman–Crippen MR) is 159 cm³/mol. The number of H-pyrrole nitrogens is 1. The van der Waals surface area contributed by atoms with Gasteiger partial charge in [0.05, 0.1) is 25.4 Å². The van der Waals surface area contributed by atoms with Crippen molar-refractivity contribution in [1.29, 1.82) is 0 Å². The Morgan fingerprint density at radius 1 is 1.02 bits per heavy atom. The van der Waals surface area contributed by atoms with Crippen LogP contribution in [0.15, 0.2) is 48.7 Å². The van der Waals surface area contributed by atoms with E-state index in [0.717, 1.165) is 79.8 Å². The number of amides is 1. The van der Waals surface area contributed by atoms with E-state index < -0.39 is 10.0 Å². The molecule has 3 aromatic rings. The Balaban J connectivity index is 1.18. The molecule has 10 heteroatoms. The van der Waals surface area contributed by atoms with E-state index in [1.807, 2.05) is 30.5 Å². The summed E-state index contributed by atoms with van der Waals surface area (Å²) >= 11 is 0. The van der Waals surface area contributed by atoms with Crippen molar-refractivity contribution in [3.63, 3.8) is 0 Å². The highest BCUT2D eigenvalue weighted by Gasteiger charge is 2.29. The first-order chi connectivity index (χ1) is 19.4. The summed E-state index contributed by atoms with van der Waals surface area (Å²) in [5, 5.41) is 4.47. The molecule has 0 unspecified atom stereocenters. The van der Waals surface area contributed by atoms with Crippen molar-refractivity contribution in [3.05, 3.63) is 59.8 Å². The van der Waals surface area contributed by atoms with Gasteiger partial charge in [-0.25, -0.2) is 12.7 Å². The third-order valence-electron chi connectivity index (χ3n) is 8.13. The molecule has 0 bridgehead atoms. The van der Waals surface area contributed by atoms with Crippen LogP contribution in [0.4, 0.5) is 0 Å². The van der Waals surface area contributed by atoms with Crippen LogP contribution in [0.25, 0.3) is 22.0 Å². The molecule has 1 aromatic heterocycles. The molecular weight excluding hydrogens is 526 g/mol. The number of ether oxygens (including phenoxy) is 1. The van der Waals surface area contributed by atoms with Crippen LogP contribution in [0.1, 0.15) is 36.3 Å². The van der Waals surface area contributed by atoms with Gasteiger partial charge in [0.2, 0.25) is 15.9 Å². The summed E-state index contributed by atoms with van der Waals surface area (Å²) in [5.41, 5.74) is 10.7. The minimum absolute atomic E-state index is 0.163. The number of hydrogen-bond donors (Lipinski definition) is 3. The average Bonchev–Trinajstić information content (AvgIpc) is 3.40. The summed E-state index contributed by atoms with van der Waals surface area (Å²) in [7, 11) is -3.28. The van der Waals surface area contributed by atoms with E-state index in [2.05, 4.69) is 33.4 Å². The smallest absolute Gasteiger partial charge is 0.221 e. The number of aromatic amines is 1. The van der Waals surface area contributed by atoms with Gasteiger partial charge in [0.1, 0.15) is 0 Å². The lowest BCUT2D eigenvalue weighted by Crippen LogP contribution is -2.41. The van der Waals surface area contributed by atoms with E-state index in [1.54, 1.807) is 4.31 Å². The summed E-state index contributed by atoms with van der Waals surface area (Å²) in [4.78, 5) is 17.6. The van der Waals surface area contributed by atoms with E-state index in [0.29, 0.717) is 26.1 Å². The van der Waals surface area contributed by atoms with E-state index in [9.17, 15) is 13.2 Å². The molecule has 0 atom stereocenters. The first-order valence-corrected chi connectivity index (χ1v) is 16.0. The predicted octanol–water partition coefficient (Wildman–Crippen LogP) is 2.68. The lowest BCUT2D eigenvalue weighted by molar-refractivity contribution is -0.117. The van der Waals surface area contributed by atoms with Gasteiger partial charge in [-0.05, 0) is 66.1 Å². The molecule has 9 nitrogen and oxygen atoms in total. The zero-order valence-electron chi connectivity index (χ0n) is 23.1. The number of rotatable bonds is 12. The zero-order chi connectivity index (χ0) is 28.0. The standard InChI is InChI=1S/C30H41N5O4S/c31-29(36)21-26-19-25(23-5-2-1-3-6-23)20-27-28(22-33-30(26)27)24-7-11-35(12-8-24)40(37,38)18-4-9-32-10-13-34-14-16-39-17-15-34/h1-3,5-6,19-20,22,24,32-33H,4,7-18,21H2,(H2,31,36). The summed E-state index contributed by atoms with van der Waals surface area (Å²) in [6.07, 6.45) is 4.34. The van der Waals surface area contributed by atoms with Crippen molar-refractivity contribution >= 4 is 26.8 Å². The maximum Gasteiger partial charge on any atom is 0.221 e. The first-order valence-electron chi connectivity index (χ1n) is 14.4. The second kappa shape index (κ2) is 13.3. The molecular formula is C30H41N5O4S. The summed E-state index contributed by atoms with van der Waals surface area (Å²) in [6.45, 7) is 7.10. The van der Waals surface area contributed by atoms with Crippen molar-refractivity contribution in [2.24, 2.45) is 5.73 Å². The third-order valence-corrected chi connectivity index (χ3v) is 10.1. The summed E-state index contributed by atoms with van der Waals surface area (Å²) in [5.74, 6) is 0.0506. The molecule has 1 amide bonds. The quantitative estimate of drug-likeness (QED) is 0.290. The molecule has 0 radical (unpaired) electrons. The van der Waals surface area contributed by atoms with E-state index in [-0.39, 0.29) is 24.0 Å². The lowest BCUT2D eigenvalue weighted by atomic mass is 9.88. The highest BCUT2D eigenvalue weighted by Crippen LogP contribution is 2.37. The van der Waals surface area contributed by atoms with Gasteiger partial charge in [-0.15, -0.1) is 0 Å². The number of nitrogens with one attached hydrogen (secondary N) is 2. The summed E-state index contributed by atoms with van der Waals surface area (Å²) < 4.78 is 33.1. The Labute approximate surface area is 237 Å². The van der Waals surface area contributed by atoms with Crippen LogP contribution >= 0.6 is 0 Å². The molecule has 2 saturated heterocycles. The lowest BCUT2D eigenvalue weighted by Gasteiger charge is -2.31. The highest BCUT2D eigenvalue weighted by atomic mass is 32.2. The van der Waals surface area contributed by atoms with Gasteiger partial charge in [0, 0.05) is 56.4 Å². The highest BCUT2D eigenvalue weighted by molar-refractivity contribution is 7.89. The molecule has 3 heterocycles. The molecule has 0 saturated carbocycles. The van der Waals surface area contributed by atoms with Crippen LogP contribution in [0.2, 0.25) is 0 Å². The number of nitrogens with zero attached hydrogens (tertiary/aromatic N) is 2. The number of aromatic nitrogens is 1. The van der Waals surface area contributed by atoms with Gasteiger partial charge >= 0.3 is 0 Å². The molecule has 2 aliphatic rings. The minimum atomic E-state index is -3.28. The Hall–Kier alpha value is -2.76. The van der Waals surface area contributed by atoms with Crippen molar-refractivity contribution in [2.45, 2.75) is 31.6 Å². The number of fused-ring (bicyclic) bond motifs is 1. The van der Waals surface area contributed by atoms with Crippen molar-refractivity contribution in [1.82, 2.24) is 19.5 Å². The van der Waals surface area contributed by atoms with Crippen molar-refractivity contribution in [2.75, 3.05) is 64.8 Å². The number of carbonyl (C=O) groups excluding carboxylic acids is 1. The molecule has 0 aliphatic carbocycles. The molecule has 2 aromatic carbocycles. The molecule has 2 fully saturated rings. The Morgan fingerprint density at radius 3 is 2.50 bits per heavy atom. The molecule has 216 valence electrons. The molecule has 4 N–H and O–H groups in total. The first kappa shape index (κ1) is 28.8. The van der Waals surface area contributed by atoms with Crippen LogP contribution in [0.5, 0.6) is 0 Å². The van der Waals surface area contributed by atoms with Gasteiger partial charge in [0.25, 0.3) is 0 Å². The Morgan fingerprint density at radius 2 is 1.77 bits per heavy atom. The number of benzene rings is 2. The number of carbonyl (C=O) groups is 1. The average molecular weight is 568 g/mol. The monoisotopic (exact) mass is 567 g/mol. The molecule has 2 aliphatic heterocycles. The van der Waals surface area contributed by atoms with Crippen LogP contribution < -0.4 is 11.1 Å². The fourth-order valence-corrected chi connectivity index (χ4v) is 7.47. The second-order valence-corrected chi connectivity index (χ2v) is 12.9. The van der Waals surface area contributed by atoms with E-state index in [4.69, 9.17) is 10.5 Å². The Kier molecular flexibility index (Phi) is 9.54. The second-order valence-electron chi connectivity index (χ2n) is 10.9. The van der Waals surface area contributed by atoms with Gasteiger partial charge < -0.3 is 20.8 Å². The van der Waals surface area contributed by atoms with Gasteiger partial charge in [0.15, 0.2) is 0 Å². The SMILES string of the molecule is NC(=O)Cc1cc(-c2ccccc2)cc2c(C3CCN(S(=O)(=O)CCCNCCN4CCOCC4)CC3)c[nH]c12. The van der Waals surface area contributed by atoms with E-state index in [1.165, 1.54) is 5.56 Å². The van der Waals surface area contributed by atoms with Gasteiger partial charge in [-0.2, -0.15) is 0 Å². The number of piperidine rings is 1. The zero-order valence-corrected chi connectivity index (χ0v) is 23.9. The van der Waals surface area contributed by atoms with E-state index >= 15 is 0 Å². The van der Waals surface area contributed by atoms with Crippen LogP contribution in [-0.2, 0) is 26.0 Å². The molecule has 0 spiro atoms. The van der Waals surface area contributed by atoms with Gasteiger partial charge in [-0.1, -0.05) is 30.3 Å². The van der Waals surface area contributed by atoms with Crippen LogP contribution in [0, 0.1) is 0 Å². The normalized spacial score (nSPS) is 17.9. The number of sulfonamides is 1. The fraction of sp³-hybridized carbons (Fsp3) is 0.500. The summed E-state index contributed by atoms with van der Waals surface area (Å²) in [6, 6.07) is 14.3. The van der Waals surface area contributed by atoms with Crippen molar-refractivity contribution < 1.29 is 17.9 Å². The van der Waals surface area contributed by atoms with Gasteiger partial charge in [-0.3, -0.25) is 9.69 Å². The van der Waals surface area contributed by atoms with Crippen LogP contribution in [0.3, 0.4) is 0 Å². The minimum Gasteiger partial charge on any atom is -0.379 e. The molecule has 5 rings (SSSR count). The number of nitrogens with two attached hydrogens (primary N) is 1. The Bertz CT molecular complexity index is 1380. The van der Waals surface area contributed by atoms with Crippen LogP contribution in [-0.4, -0.2) is 93.3 Å². The third kappa shape index (κ3) is 7.11. The maximum atomic E-state index is 13.0. The number of hydrogen-bond acceptors (Lipinski definition) is 6. The number of primary amides is 1. The maximum absolute atomic E-state index is 13.0. The number of morpholine rings is 1. The largest absolute Gasteiger partial charge is 0.379 e. The van der Waals surface area contributed by atoms with Crippen molar-refractivity contribution in [3.8, 4) is 11.1 Å². The topological polar surface area (TPSA) is 121 Å². The molecule has 40 heavy (non-hydrogen) atoms.